The third-order valence-electron chi connectivity index (χ3n) is 5.30. The topological polar surface area (TPSA) is 307 Å². The van der Waals surface area contributed by atoms with Gasteiger partial charge in [-0.25, -0.2) is 34.4 Å². The van der Waals surface area contributed by atoms with E-state index in [4.69, 9.17) is 51.7 Å². The summed E-state index contributed by atoms with van der Waals surface area (Å²) in [5.74, 6) is 0. The minimum atomic E-state index is -4.92. The Kier molecular flexibility index (Phi) is 38.9. The summed E-state index contributed by atoms with van der Waals surface area (Å²) in [6.07, 6.45) is -9.85. The summed E-state index contributed by atoms with van der Waals surface area (Å²) in [4.78, 5) is 0. The average molecular weight is 762 g/mol. The summed E-state index contributed by atoms with van der Waals surface area (Å²) in [5, 5.41) is 40.3. The summed E-state index contributed by atoms with van der Waals surface area (Å²) >= 11 is 0. The maximum absolute atomic E-state index is 11.1. The molecule has 0 radical (unpaired) electrons. The van der Waals surface area contributed by atoms with Crippen LogP contribution in [0.5, 0.6) is 0 Å². The van der Waals surface area contributed by atoms with Gasteiger partial charge in [0.25, 0.3) is 0 Å². The largest absolute Gasteiger partial charge is 1.00 e. The quantitative estimate of drug-likeness (QED) is 0.0521. The van der Waals surface area contributed by atoms with E-state index in [1.807, 2.05) is 6.92 Å². The van der Waals surface area contributed by atoms with E-state index in [1.54, 1.807) is 4.72 Å². The Labute approximate surface area is 401 Å². The molecule has 238 valence electrons. The fraction of sp³-hybridized carbons (Fsp3) is 0.789. The predicted molar refractivity (Wildman–Crippen MR) is 124 cm³/mol. The second-order valence-corrected chi connectivity index (χ2v) is 10.6. The van der Waals surface area contributed by atoms with Gasteiger partial charge in [-0.1, -0.05) is 25.2 Å². The molecule has 3 rings (SSSR count). The van der Waals surface area contributed by atoms with Crippen LogP contribution in [0.2, 0.25) is 0 Å². The molecule has 11 atom stereocenters. The van der Waals surface area contributed by atoms with Crippen LogP contribution in [0, 0.1) is 26.1 Å². The molecular weight excluding hydrogens is 730 g/mol. The minimum absolute atomic E-state index is 0. The molecule has 7 N–H and O–H groups in total. The van der Waals surface area contributed by atoms with Crippen molar-refractivity contribution in [2.75, 3.05) is 13.2 Å². The van der Waals surface area contributed by atoms with Gasteiger partial charge in [0, 0.05) is 25.7 Å². The smallest absolute Gasteiger partial charge is 0.735 e. The summed E-state index contributed by atoms with van der Waals surface area (Å²) in [6, 6.07) is -1.52. The van der Waals surface area contributed by atoms with Gasteiger partial charge >= 0.3 is 177 Å². The van der Waals surface area contributed by atoms with Crippen molar-refractivity contribution < 1.29 is 257 Å². The van der Waals surface area contributed by atoms with Gasteiger partial charge in [0.15, 0.2) is 10.3 Å². The van der Waals surface area contributed by atoms with Crippen molar-refractivity contribution in [3.63, 3.8) is 0 Å². The minimum Gasteiger partial charge on any atom is -0.735 e. The first-order valence-electron chi connectivity index (χ1n) is 11.6. The van der Waals surface area contributed by atoms with E-state index >= 15 is 0 Å². The van der Waals surface area contributed by atoms with Crippen LogP contribution in [-0.4, -0.2) is 132 Å². The third-order valence-corrected chi connectivity index (χ3v) is 5.82. The molecule has 0 aromatic rings. The molecule has 0 bridgehead atoms. The Hall–Kier alpha value is 5.30. The monoisotopic (exact) mass is 761 g/mol. The van der Waals surface area contributed by atoms with Crippen LogP contribution in [0.1, 0.15) is 13.3 Å². The number of hydrogen-bond donors (Lipinski definition) is 6. The van der Waals surface area contributed by atoms with Crippen molar-refractivity contribution in [1.29, 1.82) is 0 Å². The maximum atomic E-state index is 11.1. The van der Waals surface area contributed by atoms with E-state index in [-0.39, 0.29) is 177 Å². The summed E-state index contributed by atoms with van der Waals surface area (Å²) < 4.78 is 100. The summed E-state index contributed by atoms with van der Waals surface area (Å²) in [6.45, 7) is 3.69. The third kappa shape index (κ3) is 23.9. The molecule has 2 unspecified atom stereocenters. The fourth-order valence-electron chi connectivity index (χ4n) is 3.49. The van der Waals surface area contributed by atoms with Crippen LogP contribution in [0.25, 0.3) is 5.73 Å². The van der Waals surface area contributed by atoms with E-state index < -0.39 is 94.9 Å². The van der Waals surface area contributed by atoms with E-state index in [0.29, 0.717) is 6.61 Å². The number of aliphatic hydroxyl groups is 4. The van der Waals surface area contributed by atoms with Crippen LogP contribution >= 0.6 is 0 Å². The van der Waals surface area contributed by atoms with Gasteiger partial charge in [-0.05, 0) is 18.6 Å². The van der Waals surface area contributed by atoms with Gasteiger partial charge in [0.2, 0.25) is 10.4 Å². The van der Waals surface area contributed by atoms with Gasteiger partial charge < -0.3 is 63.7 Å². The Bertz CT molecular complexity index is 989. The molecule has 0 saturated carbocycles. The Balaban J connectivity index is -0.000000473. The molecule has 27 heteroatoms. The van der Waals surface area contributed by atoms with Gasteiger partial charge in [-0.15, -0.1) is 0 Å². The zero-order chi connectivity index (χ0) is 30.3. The van der Waals surface area contributed by atoms with Crippen molar-refractivity contribution in [3.8, 4) is 0 Å². The van der Waals surface area contributed by atoms with E-state index in [0.717, 1.165) is 26.1 Å². The number of nitrogens with one attached hydrogen (secondary N) is 2. The molecule has 0 aliphatic carbocycles. The van der Waals surface area contributed by atoms with E-state index in [2.05, 4.69) is 0 Å². The van der Waals surface area contributed by atoms with Crippen molar-refractivity contribution in [2.24, 2.45) is 0 Å². The molecule has 0 aromatic heterocycles. The Morgan fingerprint density at radius 2 is 1.37 bits per heavy atom. The van der Waals surface area contributed by atoms with E-state index in [1.165, 1.54) is 6.42 Å². The molecular formula is C19H31N2Na6O17S2-. The molecule has 3 saturated heterocycles. The fourth-order valence-corrected chi connectivity index (χ4v) is 3.86. The number of rotatable bonds is 10. The van der Waals surface area contributed by atoms with Crippen molar-refractivity contribution in [1.82, 2.24) is 4.72 Å². The first-order valence-corrected chi connectivity index (χ1v) is 14.3. The average Bonchev–Trinajstić information content (AvgIpc) is 2.83. The van der Waals surface area contributed by atoms with Crippen LogP contribution < -0.4 is 182 Å². The standard InChI is InChI=1S/C19H31N2O13S.6Na.H2O4S/c1-2-3-29-14-5-10(23)13(8-31-14)33-19-16(20)17(25)18(12(32-19)6-21-35(26,27)28)34-15-4-9(22)11(24)7-30-15;;;;;;;1-5(2,3)4/h4-5,7-25H,2-3,6H2,1H3,(H,26,27,28);;;;;;;(H2,1,2,3,4)/q-5;6*+1;/p-2/t9-,10-,11+,12?,13+,14+,15-,16?,17+,18+,19-;;;;;;;/m0......./s1. The molecule has 0 spiro atoms. The summed E-state index contributed by atoms with van der Waals surface area (Å²) in [5.41, 5.74) is 8.31. The second kappa shape index (κ2) is 29.6. The molecule has 3 aliphatic rings. The molecule has 0 aromatic carbocycles. The van der Waals surface area contributed by atoms with Gasteiger partial charge in [-0.2, -0.15) is 13.2 Å². The molecule has 46 heavy (non-hydrogen) atoms. The molecule has 19 nitrogen and oxygen atoms in total. The zero-order valence-electron chi connectivity index (χ0n) is 26.7. The molecule has 3 aliphatic heterocycles. The summed E-state index contributed by atoms with van der Waals surface area (Å²) in [7, 11) is -9.82. The van der Waals surface area contributed by atoms with Gasteiger partial charge in [-0.3, -0.25) is 4.55 Å². The predicted octanol–water partition coefficient (Wildman–Crippen LogP) is -21.7. The second-order valence-electron chi connectivity index (χ2n) is 8.50. The number of hydrogen-bond acceptors (Lipinski definition) is 16. The molecule has 0 amide bonds. The SMILES string of the molecule is CCCO[C@H]1[CH-][C@H](O)[C@H](O[C@@H]2OC(CNS(=O)(=O)[O-])[C@@H](O[C@H]3[CH-][C@H](O)[C@H](O)[CH-]O3)[C@H](O)C2[NH-])[CH-]O1.O=S(=O)([O-])O.[Na+].[Na+].[Na+].[Na+].[Na+].[Na+]. The first-order chi connectivity index (χ1) is 18.5. The van der Waals surface area contributed by atoms with Crippen molar-refractivity contribution in [2.45, 2.75) is 81.0 Å². The van der Waals surface area contributed by atoms with Crippen LogP contribution in [0.4, 0.5) is 0 Å². The Morgan fingerprint density at radius 3 is 1.85 bits per heavy atom. The van der Waals surface area contributed by atoms with Crippen molar-refractivity contribution >= 4 is 20.7 Å². The Morgan fingerprint density at radius 1 is 0.848 bits per heavy atom. The zero-order valence-corrected chi connectivity index (χ0v) is 40.4. The van der Waals surface area contributed by atoms with Crippen LogP contribution in [-0.2, 0) is 49.1 Å². The molecule has 3 fully saturated rings. The first kappa shape index (κ1) is 60.5. The van der Waals surface area contributed by atoms with Crippen molar-refractivity contribution in [3.05, 3.63) is 31.8 Å². The normalized spacial score (nSPS) is 34.2. The van der Waals surface area contributed by atoms with Crippen LogP contribution in [0.15, 0.2) is 0 Å². The maximum Gasteiger partial charge on any atom is 1.00 e. The molecule has 3 heterocycles. The van der Waals surface area contributed by atoms with Crippen LogP contribution in [0.3, 0.4) is 0 Å². The van der Waals surface area contributed by atoms with E-state index in [9.17, 15) is 33.4 Å². The number of aliphatic hydroxyl groups excluding tert-OH is 4. The van der Waals surface area contributed by atoms with Gasteiger partial charge in [0.1, 0.15) is 18.5 Å². The van der Waals surface area contributed by atoms with Gasteiger partial charge in [0.05, 0.1) is 6.10 Å². The number of ether oxygens (including phenoxy) is 6.